The molecule has 2 N–H and O–H groups in total. The van der Waals surface area contributed by atoms with Crippen LogP contribution in [0, 0.1) is 5.82 Å². The molecule has 1 aromatic carbocycles. The topological polar surface area (TPSA) is 43.8 Å². The Balaban J connectivity index is 2.58. The number of anilines is 1. The van der Waals surface area contributed by atoms with Crippen molar-refractivity contribution in [2.75, 3.05) is 5.73 Å². The summed E-state index contributed by atoms with van der Waals surface area (Å²) < 4.78 is 14.6. The average molecular weight is 246 g/mol. The molecule has 0 amide bonds. The molecule has 0 spiro atoms. The molecule has 2 rings (SSSR count). The van der Waals surface area contributed by atoms with Gasteiger partial charge < -0.3 is 5.73 Å². The van der Waals surface area contributed by atoms with Gasteiger partial charge >= 0.3 is 0 Å². The second-order valence-electron chi connectivity index (χ2n) is 2.93. The van der Waals surface area contributed by atoms with Gasteiger partial charge in [-0.05, 0) is 6.07 Å². The minimum atomic E-state index is -0.549. The first-order chi connectivity index (χ1) is 7.08. The van der Waals surface area contributed by atoms with E-state index in [1.54, 1.807) is 0 Å². The molecule has 2 aromatic rings. The molecule has 0 saturated carbocycles. The van der Waals surface area contributed by atoms with Crippen molar-refractivity contribution in [2.45, 2.75) is 0 Å². The van der Waals surface area contributed by atoms with Crippen LogP contribution in [-0.4, -0.2) is 9.78 Å². The summed E-state index contributed by atoms with van der Waals surface area (Å²) in [7, 11) is 0. The number of nitrogens with two attached hydrogens (primary N) is 1. The molecule has 15 heavy (non-hydrogen) atoms. The zero-order valence-corrected chi connectivity index (χ0v) is 8.93. The molecular formula is C9H6Cl2FN3. The second kappa shape index (κ2) is 3.72. The standard InChI is InChI=1S/C9H6Cl2FN3/c10-5-3-14-15(4-5)9-2-7(12)6(11)1-8(9)13/h1-4H,13H2. The van der Waals surface area contributed by atoms with Crippen LogP contribution in [0.15, 0.2) is 24.5 Å². The molecule has 0 radical (unpaired) electrons. The van der Waals surface area contributed by atoms with Crippen molar-refractivity contribution in [3.63, 3.8) is 0 Å². The summed E-state index contributed by atoms with van der Waals surface area (Å²) >= 11 is 11.3. The highest BCUT2D eigenvalue weighted by Crippen LogP contribution is 2.25. The lowest BCUT2D eigenvalue weighted by molar-refractivity contribution is 0.626. The summed E-state index contributed by atoms with van der Waals surface area (Å²) in [4.78, 5) is 0. The Hall–Kier alpha value is -1.26. The Morgan fingerprint density at radius 1 is 1.33 bits per heavy atom. The van der Waals surface area contributed by atoms with Crippen molar-refractivity contribution in [1.82, 2.24) is 9.78 Å². The molecule has 0 unspecified atom stereocenters. The van der Waals surface area contributed by atoms with Gasteiger partial charge in [-0.25, -0.2) is 9.07 Å². The predicted molar refractivity (Wildman–Crippen MR) is 58.0 cm³/mol. The molecule has 0 bridgehead atoms. The highest BCUT2D eigenvalue weighted by Gasteiger charge is 2.08. The Kier molecular flexibility index (Phi) is 2.54. The van der Waals surface area contributed by atoms with Crippen molar-refractivity contribution in [3.8, 4) is 5.69 Å². The van der Waals surface area contributed by atoms with Crippen LogP contribution in [0.4, 0.5) is 10.1 Å². The average Bonchev–Trinajstić information content (AvgIpc) is 2.58. The fourth-order valence-electron chi connectivity index (χ4n) is 1.18. The minimum Gasteiger partial charge on any atom is -0.397 e. The lowest BCUT2D eigenvalue weighted by Crippen LogP contribution is -2.01. The van der Waals surface area contributed by atoms with Crippen LogP contribution in [0.3, 0.4) is 0 Å². The summed E-state index contributed by atoms with van der Waals surface area (Å²) in [6, 6.07) is 2.54. The van der Waals surface area contributed by atoms with Gasteiger partial charge in [-0.1, -0.05) is 23.2 Å². The maximum Gasteiger partial charge on any atom is 0.144 e. The molecule has 78 valence electrons. The third kappa shape index (κ3) is 1.91. The van der Waals surface area contributed by atoms with E-state index < -0.39 is 5.82 Å². The van der Waals surface area contributed by atoms with Crippen LogP contribution < -0.4 is 5.73 Å². The van der Waals surface area contributed by atoms with E-state index in [9.17, 15) is 4.39 Å². The van der Waals surface area contributed by atoms with Crippen molar-refractivity contribution in [1.29, 1.82) is 0 Å². The zero-order chi connectivity index (χ0) is 11.0. The third-order valence-electron chi connectivity index (χ3n) is 1.87. The van der Waals surface area contributed by atoms with Crippen molar-refractivity contribution < 1.29 is 4.39 Å². The van der Waals surface area contributed by atoms with E-state index in [2.05, 4.69) is 5.10 Å². The number of rotatable bonds is 1. The predicted octanol–water partition coefficient (Wildman–Crippen LogP) is 2.90. The normalized spacial score (nSPS) is 10.6. The van der Waals surface area contributed by atoms with Crippen molar-refractivity contribution in [2.24, 2.45) is 0 Å². The molecular weight excluding hydrogens is 240 g/mol. The minimum absolute atomic E-state index is 0.0190. The van der Waals surface area contributed by atoms with E-state index in [-0.39, 0.29) is 5.02 Å². The molecule has 0 atom stereocenters. The van der Waals surface area contributed by atoms with Gasteiger partial charge in [0.1, 0.15) is 5.82 Å². The quantitative estimate of drug-likeness (QED) is 0.786. The SMILES string of the molecule is Nc1cc(Cl)c(F)cc1-n1cc(Cl)cn1. The van der Waals surface area contributed by atoms with Gasteiger partial charge in [0.15, 0.2) is 0 Å². The molecule has 1 heterocycles. The molecule has 0 fully saturated rings. The van der Waals surface area contributed by atoms with Crippen LogP contribution in [0.1, 0.15) is 0 Å². The third-order valence-corrected chi connectivity index (χ3v) is 2.35. The number of nitrogens with zero attached hydrogens (tertiary/aromatic N) is 2. The van der Waals surface area contributed by atoms with Crippen molar-refractivity contribution >= 4 is 28.9 Å². The van der Waals surface area contributed by atoms with E-state index >= 15 is 0 Å². The van der Waals surface area contributed by atoms with Gasteiger partial charge in [-0.3, -0.25) is 0 Å². The second-order valence-corrected chi connectivity index (χ2v) is 3.77. The van der Waals surface area contributed by atoms with Crippen LogP contribution in [-0.2, 0) is 0 Å². The number of benzene rings is 1. The largest absolute Gasteiger partial charge is 0.397 e. The summed E-state index contributed by atoms with van der Waals surface area (Å²) in [5.74, 6) is -0.549. The molecule has 6 heteroatoms. The van der Waals surface area contributed by atoms with Gasteiger partial charge in [0.05, 0.1) is 27.6 Å². The van der Waals surface area contributed by atoms with Gasteiger partial charge in [0, 0.05) is 12.3 Å². The first-order valence-electron chi connectivity index (χ1n) is 4.03. The van der Waals surface area contributed by atoms with Crippen LogP contribution >= 0.6 is 23.2 Å². The zero-order valence-electron chi connectivity index (χ0n) is 7.42. The first-order valence-corrected chi connectivity index (χ1v) is 4.78. The summed E-state index contributed by atoms with van der Waals surface area (Å²) in [6.45, 7) is 0. The molecule has 0 aliphatic heterocycles. The number of nitrogen functional groups attached to an aromatic ring is 1. The monoisotopic (exact) mass is 245 g/mol. The lowest BCUT2D eigenvalue weighted by Gasteiger charge is -2.06. The summed E-state index contributed by atoms with van der Waals surface area (Å²) in [5.41, 5.74) is 6.42. The van der Waals surface area contributed by atoms with Gasteiger partial charge in [-0.2, -0.15) is 5.10 Å². The van der Waals surface area contributed by atoms with E-state index in [1.165, 1.54) is 29.2 Å². The Morgan fingerprint density at radius 2 is 2.07 bits per heavy atom. The fourth-order valence-corrected chi connectivity index (χ4v) is 1.49. The molecule has 3 nitrogen and oxygen atoms in total. The number of hydrogen-bond donors (Lipinski definition) is 1. The van der Waals surface area contributed by atoms with E-state index in [0.717, 1.165) is 0 Å². The Bertz CT molecular complexity index is 510. The van der Waals surface area contributed by atoms with Crippen LogP contribution in [0.25, 0.3) is 5.69 Å². The van der Waals surface area contributed by atoms with E-state index in [4.69, 9.17) is 28.9 Å². The molecule has 1 aromatic heterocycles. The van der Waals surface area contributed by atoms with Gasteiger partial charge in [0.25, 0.3) is 0 Å². The molecule has 0 aliphatic carbocycles. The van der Waals surface area contributed by atoms with Gasteiger partial charge in [-0.15, -0.1) is 0 Å². The highest BCUT2D eigenvalue weighted by atomic mass is 35.5. The Labute approximate surface area is 95.2 Å². The lowest BCUT2D eigenvalue weighted by atomic mass is 10.2. The van der Waals surface area contributed by atoms with Crippen LogP contribution in [0.2, 0.25) is 10.0 Å². The highest BCUT2D eigenvalue weighted by molar-refractivity contribution is 6.31. The number of halogens is 3. The van der Waals surface area contributed by atoms with E-state index in [1.807, 2.05) is 0 Å². The number of aromatic nitrogens is 2. The maximum atomic E-state index is 13.2. The Morgan fingerprint density at radius 3 is 2.67 bits per heavy atom. The number of hydrogen-bond acceptors (Lipinski definition) is 2. The maximum absolute atomic E-state index is 13.2. The first kappa shape index (κ1) is 10.3. The fraction of sp³-hybridized carbons (Fsp3) is 0. The van der Waals surface area contributed by atoms with Crippen LogP contribution in [0.5, 0.6) is 0 Å². The smallest absolute Gasteiger partial charge is 0.144 e. The van der Waals surface area contributed by atoms with E-state index in [0.29, 0.717) is 16.4 Å². The molecule has 0 saturated heterocycles. The summed E-state index contributed by atoms with van der Waals surface area (Å²) in [5, 5.41) is 4.34. The molecule has 0 aliphatic rings. The van der Waals surface area contributed by atoms with Gasteiger partial charge in [0.2, 0.25) is 0 Å². The van der Waals surface area contributed by atoms with Crippen molar-refractivity contribution in [3.05, 3.63) is 40.4 Å². The summed E-state index contributed by atoms with van der Waals surface area (Å²) in [6.07, 6.45) is 2.97.